The van der Waals surface area contributed by atoms with E-state index in [2.05, 4.69) is 14.9 Å². The minimum absolute atomic E-state index is 0.0207. The van der Waals surface area contributed by atoms with E-state index >= 15 is 0 Å². The van der Waals surface area contributed by atoms with Gasteiger partial charge in [-0.2, -0.15) is 0 Å². The van der Waals surface area contributed by atoms with Crippen molar-refractivity contribution in [1.82, 2.24) is 14.9 Å². The number of aromatic nitrogens is 2. The Labute approximate surface area is 163 Å². The number of carbonyl (C=O) groups is 1. The first-order valence-corrected chi connectivity index (χ1v) is 9.20. The van der Waals surface area contributed by atoms with Crippen molar-refractivity contribution in [2.75, 3.05) is 51.4 Å². The van der Waals surface area contributed by atoms with Gasteiger partial charge in [0.05, 0.1) is 13.3 Å². The molecule has 0 atom stereocenters. The molecule has 2 aromatic rings. The monoisotopic (exact) mass is 382 g/mol. The standard InChI is InChI=1S/C20H22N4O4/c1-26-16-12-15(13-17-20(16)28-11-10-27-17)2-3-19(25)24-8-6-23(7-9-24)18-14-21-4-5-22-18/h2-5,12-14H,6-11H2,1H3. The molecule has 0 aliphatic carbocycles. The molecule has 1 saturated heterocycles. The molecule has 1 aromatic heterocycles. The number of hydrogen-bond donors (Lipinski definition) is 0. The molecule has 0 N–H and O–H groups in total. The molecule has 0 saturated carbocycles. The summed E-state index contributed by atoms with van der Waals surface area (Å²) in [6.45, 7) is 3.75. The molecule has 2 aliphatic rings. The first-order chi connectivity index (χ1) is 13.7. The number of amides is 1. The van der Waals surface area contributed by atoms with Gasteiger partial charge in [0, 0.05) is 44.6 Å². The zero-order valence-electron chi connectivity index (χ0n) is 15.7. The molecule has 1 fully saturated rings. The van der Waals surface area contributed by atoms with Crippen LogP contribution in [0.3, 0.4) is 0 Å². The smallest absolute Gasteiger partial charge is 0.246 e. The third-order valence-corrected chi connectivity index (χ3v) is 4.73. The van der Waals surface area contributed by atoms with Crippen LogP contribution in [0.15, 0.2) is 36.8 Å². The molecular formula is C20H22N4O4. The Morgan fingerprint density at radius 1 is 1.14 bits per heavy atom. The predicted molar refractivity (Wildman–Crippen MR) is 104 cm³/mol. The minimum atomic E-state index is -0.0207. The lowest BCUT2D eigenvalue weighted by molar-refractivity contribution is -0.126. The number of anilines is 1. The van der Waals surface area contributed by atoms with Crippen LogP contribution in [0.5, 0.6) is 17.2 Å². The Morgan fingerprint density at radius 2 is 1.96 bits per heavy atom. The lowest BCUT2D eigenvalue weighted by Gasteiger charge is -2.34. The Kier molecular flexibility index (Phi) is 5.27. The van der Waals surface area contributed by atoms with Crippen molar-refractivity contribution in [3.8, 4) is 17.2 Å². The largest absolute Gasteiger partial charge is 0.493 e. The van der Waals surface area contributed by atoms with Gasteiger partial charge in [0.1, 0.15) is 19.0 Å². The van der Waals surface area contributed by atoms with Gasteiger partial charge >= 0.3 is 0 Å². The van der Waals surface area contributed by atoms with Gasteiger partial charge in [0.2, 0.25) is 11.7 Å². The fourth-order valence-electron chi connectivity index (χ4n) is 3.27. The van der Waals surface area contributed by atoms with Crippen molar-refractivity contribution >= 4 is 17.8 Å². The van der Waals surface area contributed by atoms with Crippen LogP contribution in [0.25, 0.3) is 6.08 Å². The number of hydrogen-bond acceptors (Lipinski definition) is 7. The summed E-state index contributed by atoms with van der Waals surface area (Å²) in [5, 5.41) is 0. The van der Waals surface area contributed by atoms with Crippen molar-refractivity contribution < 1.29 is 19.0 Å². The summed E-state index contributed by atoms with van der Waals surface area (Å²) >= 11 is 0. The summed E-state index contributed by atoms with van der Waals surface area (Å²) in [6.07, 6.45) is 8.44. The number of methoxy groups -OCH3 is 1. The molecule has 146 valence electrons. The van der Waals surface area contributed by atoms with Crippen LogP contribution in [0, 0.1) is 0 Å². The number of ether oxygens (including phenoxy) is 3. The highest BCUT2D eigenvalue weighted by molar-refractivity contribution is 5.92. The molecule has 3 heterocycles. The van der Waals surface area contributed by atoms with Gasteiger partial charge in [-0.15, -0.1) is 0 Å². The van der Waals surface area contributed by atoms with Crippen LogP contribution in [-0.2, 0) is 4.79 Å². The Hall–Kier alpha value is -3.29. The SMILES string of the molecule is COc1cc(C=CC(=O)N2CCN(c3cnccn3)CC2)cc2c1OCCO2. The molecule has 0 spiro atoms. The number of benzene rings is 1. The maximum Gasteiger partial charge on any atom is 0.246 e. The minimum Gasteiger partial charge on any atom is -0.493 e. The summed E-state index contributed by atoms with van der Waals surface area (Å²) in [7, 11) is 1.59. The number of piperazine rings is 1. The lowest BCUT2D eigenvalue weighted by atomic mass is 10.1. The molecule has 8 nitrogen and oxygen atoms in total. The molecule has 8 heteroatoms. The third kappa shape index (κ3) is 3.85. The normalized spacial score (nSPS) is 16.3. The molecule has 0 unspecified atom stereocenters. The van der Waals surface area contributed by atoms with E-state index in [1.54, 1.807) is 37.9 Å². The summed E-state index contributed by atoms with van der Waals surface area (Å²) in [5.41, 5.74) is 0.827. The molecule has 4 rings (SSSR count). The van der Waals surface area contributed by atoms with E-state index in [0.29, 0.717) is 43.6 Å². The van der Waals surface area contributed by atoms with Crippen molar-refractivity contribution in [1.29, 1.82) is 0 Å². The van der Waals surface area contributed by atoms with Crippen molar-refractivity contribution in [3.05, 3.63) is 42.4 Å². The van der Waals surface area contributed by atoms with E-state index in [9.17, 15) is 4.79 Å². The third-order valence-electron chi connectivity index (χ3n) is 4.73. The van der Waals surface area contributed by atoms with Crippen LogP contribution in [0.1, 0.15) is 5.56 Å². The topological polar surface area (TPSA) is 77.0 Å². The molecule has 0 radical (unpaired) electrons. The molecule has 0 bridgehead atoms. The highest BCUT2D eigenvalue weighted by atomic mass is 16.6. The molecule has 1 aromatic carbocycles. The number of nitrogens with zero attached hydrogens (tertiary/aromatic N) is 4. The highest BCUT2D eigenvalue weighted by Crippen LogP contribution is 2.40. The average molecular weight is 382 g/mol. The lowest BCUT2D eigenvalue weighted by Crippen LogP contribution is -2.48. The fourth-order valence-corrected chi connectivity index (χ4v) is 3.27. The first kappa shape index (κ1) is 18.1. The van der Waals surface area contributed by atoms with Crippen LogP contribution in [-0.4, -0.2) is 67.3 Å². The first-order valence-electron chi connectivity index (χ1n) is 9.20. The van der Waals surface area contributed by atoms with E-state index in [1.165, 1.54) is 0 Å². The number of carbonyl (C=O) groups excluding carboxylic acids is 1. The Bertz CT molecular complexity index is 847. The molecule has 28 heavy (non-hydrogen) atoms. The average Bonchev–Trinajstić information content (AvgIpc) is 2.77. The second-order valence-electron chi connectivity index (χ2n) is 6.46. The number of rotatable bonds is 4. The Morgan fingerprint density at radius 3 is 2.71 bits per heavy atom. The maximum absolute atomic E-state index is 12.6. The van der Waals surface area contributed by atoms with Crippen molar-refractivity contribution in [3.63, 3.8) is 0 Å². The second-order valence-corrected chi connectivity index (χ2v) is 6.46. The summed E-state index contributed by atoms with van der Waals surface area (Å²) in [6, 6.07) is 3.69. The van der Waals surface area contributed by atoms with Crippen LogP contribution in [0.4, 0.5) is 5.82 Å². The summed E-state index contributed by atoms with van der Waals surface area (Å²) < 4.78 is 16.6. The quantitative estimate of drug-likeness (QED) is 0.744. The predicted octanol–water partition coefficient (Wildman–Crippen LogP) is 1.62. The number of fused-ring (bicyclic) bond motifs is 1. The van der Waals surface area contributed by atoms with Gasteiger partial charge in [-0.05, 0) is 23.8 Å². The zero-order chi connectivity index (χ0) is 19.3. The molecule has 1 amide bonds. The van der Waals surface area contributed by atoms with Gasteiger partial charge in [-0.1, -0.05) is 0 Å². The molecular weight excluding hydrogens is 360 g/mol. The van der Waals surface area contributed by atoms with Gasteiger partial charge in [-0.3, -0.25) is 9.78 Å². The van der Waals surface area contributed by atoms with Crippen LogP contribution in [0.2, 0.25) is 0 Å². The van der Waals surface area contributed by atoms with E-state index < -0.39 is 0 Å². The van der Waals surface area contributed by atoms with Crippen LogP contribution >= 0.6 is 0 Å². The van der Waals surface area contributed by atoms with Crippen molar-refractivity contribution in [2.24, 2.45) is 0 Å². The summed E-state index contributed by atoms with van der Waals surface area (Å²) in [4.78, 5) is 24.9. The Balaban J connectivity index is 1.39. The fraction of sp³-hybridized carbons (Fsp3) is 0.350. The van der Waals surface area contributed by atoms with Crippen LogP contribution < -0.4 is 19.1 Å². The maximum atomic E-state index is 12.6. The van der Waals surface area contributed by atoms with Gasteiger partial charge in [0.15, 0.2) is 11.5 Å². The van der Waals surface area contributed by atoms with E-state index in [-0.39, 0.29) is 5.91 Å². The molecule has 2 aliphatic heterocycles. The van der Waals surface area contributed by atoms with Gasteiger partial charge in [0.25, 0.3) is 0 Å². The highest BCUT2D eigenvalue weighted by Gasteiger charge is 2.21. The van der Waals surface area contributed by atoms with E-state index in [1.807, 2.05) is 17.0 Å². The second kappa shape index (κ2) is 8.16. The zero-order valence-corrected chi connectivity index (χ0v) is 15.7. The van der Waals surface area contributed by atoms with E-state index in [4.69, 9.17) is 14.2 Å². The summed E-state index contributed by atoms with van der Waals surface area (Å²) in [5.74, 6) is 2.66. The van der Waals surface area contributed by atoms with E-state index in [0.717, 1.165) is 24.5 Å². The van der Waals surface area contributed by atoms with Gasteiger partial charge in [-0.25, -0.2) is 4.98 Å². The van der Waals surface area contributed by atoms with Crippen molar-refractivity contribution in [2.45, 2.75) is 0 Å². The van der Waals surface area contributed by atoms with Gasteiger partial charge < -0.3 is 24.0 Å².